The number of aromatic carboxylic acids is 1. The van der Waals surface area contributed by atoms with E-state index in [0.717, 1.165) is 16.8 Å². The van der Waals surface area contributed by atoms with Crippen molar-refractivity contribution in [3.8, 4) is 0 Å². The van der Waals surface area contributed by atoms with Crippen molar-refractivity contribution in [1.82, 2.24) is 9.97 Å². The van der Waals surface area contributed by atoms with E-state index in [1.54, 1.807) is 11.3 Å². The molecule has 2 rings (SSSR count). The predicted octanol–water partition coefficient (Wildman–Crippen LogP) is 2.65. The van der Waals surface area contributed by atoms with E-state index in [4.69, 9.17) is 5.11 Å². The van der Waals surface area contributed by atoms with Gasteiger partial charge in [0.05, 0.1) is 16.2 Å². The minimum absolute atomic E-state index is 0.0530. The van der Waals surface area contributed by atoms with E-state index in [-0.39, 0.29) is 5.69 Å². The number of nitrogens with zero attached hydrogens (tertiary/aromatic N) is 2. The van der Waals surface area contributed by atoms with Gasteiger partial charge in [0.15, 0.2) is 5.69 Å². The minimum atomic E-state index is -1.07. The maximum atomic E-state index is 10.6. The Morgan fingerprint density at radius 3 is 2.78 bits per heavy atom. The zero-order valence-electron chi connectivity index (χ0n) is 9.26. The van der Waals surface area contributed by atoms with Crippen molar-refractivity contribution in [2.45, 2.75) is 6.42 Å². The predicted molar refractivity (Wildman–Crippen MR) is 73.2 cm³/mol. The van der Waals surface area contributed by atoms with Crippen LogP contribution in [-0.4, -0.2) is 27.6 Å². The van der Waals surface area contributed by atoms with Crippen molar-refractivity contribution in [2.75, 3.05) is 11.9 Å². The molecular weight excluding hydrogens is 318 g/mol. The van der Waals surface area contributed by atoms with Crippen LogP contribution in [0.15, 0.2) is 28.3 Å². The van der Waals surface area contributed by atoms with Gasteiger partial charge in [-0.05, 0) is 34.5 Å². The fourth-order valence-corrected chi connectivity index (χ4v) is 2.81. The summed E-state index contributed by atoms with van der Waals surface area (Å²) in [6.45, 7) is 0.730. The molecule has 2 aromatic rings. The smallest absolute Gasteiger partial charge is 0.356 e. The summed E-state index contributed by atoms with van der Waals surface area (Å²) in [5.74, 6) is -0.492. The van der Waals surface area contributed by atoms with Crippen molar-refractivity contribution in [1.29, 1.82) is 0 Å². The summed E-state index contributed by atoms with van der Waals surface area (Å²) in [5, 5.41) is 11.8. The molecule has 0 bridgehead atoms. The SMILES string of the molecule is O=C(O)c1cnc(NCCc2ccc(Br)s2)cn1. The van der Waals surface area contributed by atoms with Crippen LogP contribution in [0.4, 0.5) is 5.82 Å². The molecule has 2 N–H and O–H groups in total. The highest BCUT2D eigenvalue weighted by Gasteiger charge is 2.04. The average molecular weight is 328 g/mol. The lowest BCUT2D eigenvalue weighted by Crippen LogP contribution is -2.07. The fraction of sp³-hybridized carbons (Fsp3) is 0.182. The third kappa shape index (κ3) is 3.51. The van der Waals surface area contributed by atoms with Crippen LogP contribution in [0.2, 0.25) is 0 Å². The number of hydrogen-bond acceptors (Lipinski definition) is 5. The van der Waals surface area contributed by atoms with Crippen molar-refractivity contribution >= 4 is 39.1 Å². The van der Waals surface area contributed by atoms with Crippen LogP contribution in [0.5, 0.6) is 0 Å². The molecule has 5 nitrogen and oxygen atoms in total. The number of carbonyl (C=O) groups is 1. The lowest BCUT2D eigenvalue weighted by Gasteiger charge is -2.03. The van der Waals surface area contributed by atoms with Gasteiger partial charge in [-0.3, -0.25) is 0 Å². The molecule has 18 heavy (non-hydrogen) atoms. The Hall–Kier alpha value is -1.47. The van der Waals surface area contributed by atoms with E-state index >= 15 is 0 Å². The maximum Gasteiger partial charge on any atom is 0.356 e. The molecule has 0 aliphatic rings. The number of thiophene rings is 1. The molecular formula is C11H10BrN3O2S. The van der Waals surface area contributed by atoms with Crippen molar-refractivity contribution in [2.24, 2.45) is 0 Å². The molecule has 2 aromatic heterocycles. The van der Waals surface area contributed by atoms with Gasteiger partial charge in [-0.1, -0.05) is 0 Å². The summed E-state index contributed by atoms with van der Waals surface area (Å²) < 4.78 is 1.11. The summed E-state index contributed by atoms with van der Waals surface area (Å²) in [7, 11) is 0. The highest BCUT2D eigenvalue weighted by atomic mass is 79.9. The van der Waals surface area contributed by atoms with E-state index in [0.29, 0.717) is 5.82 Å². The summed E-state index contributed by atoms with van der Waals surface area (Å²) in [6.07, 6.45) is 3.55. The van der Waals surface area contributed by atoms with Gasteiger partial charge in [0.2, 0.25) is 0 Å². The van der Waals surface area contributed by atoms with Gasteiger partial charge in [-0.15, -0.1) is 11.3 Å². The molecule has 0 unspecified atom stereocenters. The first-order valence-electron chi connectivity index (χ1n) is 5.18. The maximum absolute atomic E-state index is 10.6. The van der Waals surface area contributed by atoms with Gasteiger partial charge in [0.1, 0.15) is 5.82 Å². The molecule has 0 spiro atoms. The lowest BCUT2D eigenvalue weighted by molar-refractivity contribution is 0.0690. The monoisotopic (exact) mass is 327 g/mol. The van der Waals surface area contributed by atoms with Crippen LogP contribution in [0, 0.1) is 0 Å². The first-order valence-corrected chi connectivity index (χ1v) is 6.79. The molecule has 0 aromatic carbocycles. The number of halogens is 1. The van der Waals surface area contributed by atoms with Gasteiger partial charge in [-0.25, -0.2) is 14.8 Å². The number of anilines is 1. The normalized spacial score (nSPS) is 10.3. The van der Waals surface area contributed by atoms with Crippen molar-refractivity contribution < 1.29 is 9.90 Å². The Bertz CT molecular complexity index is 541. The van der Waals surface area contributed by atoms with Crippen LogP contribution in [0.25, 0.3) is 0 Å². The number of hydrogen-bond donors (Lipinski definition) is 2. The first-order chi connectivity index (χ1) is 8.65. The van der Waals surface area contributed by atoms with E-state index in [1.165, 1.54) is 17.3 Å². The molecule has 0 radical (unpaired) electrons. The van der Waals surface area contributed by atoms with Crippen molar-refractivity contribution in [3.63, 3.8) is 0 Å². The Morgan fingerprint density at radius 2 is 2.22 bits per heavy atom. The van der Waals surface area contributed by atoms with Gasteiger partial charge in [-0.2, -0.15) is 0 Å². The second-order valence-corrected chi connectivity index (χ2v) is 6.02. The van der Waals surface area contributed by atoms with Crippen LogP contribution in [0.3, 0.4) is 0 Å². The number of nitrogens with one attached hydrogen (secondary N) is 1. The molecule has 0 aliphatic carbocycles. The van der Waals surface area contributed by atoms with Gasteiger partial charge >= 0.3 is 5.97 Å². The van der Waals surface area contributed by atoms with Gasteiger partial charge in [0.25, 0.3) is 0 Å². The molecule has 0 atom stereocenters. The van der Waals surface area contributed by atoms with Gasteiger partial charge < -0.3 is 10.4 Å². The first kappa shape index (κ1) is 13.0. The number of rotatable bonds is 5. The third-order valence-corrected chi connectivity index (χ3v) is 3.86. The lowest BCUT2D eigenvalue weighted by atomic mass is 10.3. The highest BCUT2D eigenvalue weighted by molar-refractivity contribution is 9.11. The molecule has 0 saturated carbocycles. The largest absolute Gasteiger partial charge is 0.476 e. The summed E-state index contributed by atoms with van der Waals surface area (Å²) in [6, 6.07) is 4.08. The third-order valence-electron chi connectivity index (χ3n) is 2.18. The summed E-state index contributed by atoms with van der Waals surface area (Å²) >= 11 is 5.10. The number of carboxylic acid groups (broad SMARTS) is 1. The molecule has 7 heteroatoms. The molecule has 94 valence electrons. The Kier molecular flexibility index (Phi) is 4.27. The van der Waals surface area contributed by atoms with E-state index in [9.17, 15) is 4.79 Å². The molecule has 0 aliphatic heterocycles. The molecule has 0 amide bonds. The van der Waals surface area contributed by atoms with E-state index < -0.39 is 5.97 Å². The van der Waals surface area contributed by atoms with Crippen molar-refractivity contribution in [3.05, 3.63) is 38.9 Å². The quantitative estimate of drug-likeness (QED) is 0.883. The van der Waals surface area contributed by atoms with Crippen LogP contribution >= 0.6 is 27.3 Å². The van der Waals surface area contributed by atoms with Gasteiger partial charge in [0, 0.05) is 11.4 Å². The highest BCUT2D eigenvalue weighted by Crippen LogP contribution is 2.22. The fourth-order valence-electron chi connectivity index (χ4n) is 1.33. The summed E-state index contributed by atoms with van der Waals surface area (Å²) in [4.78, 5) is 19.6. The number of aromatic nitrogens is 2. The zero-order valence-corrected chi connectivity index (χ0v) is 11.7. The summed E-state index contributed by atoms with van der Waals surface area (Å²) in [5.41, 5.74) is -0.0530. The average Bonchev–Trinajstić information content (AvgIpc) is 2.76. The van der Waals surface area contributed by atoms with Crippen LogP contribution < -0.4 is 5.32 Å². The Labute approximate surface area is 116 Å². The van der Waals surface area contributed by atoms with Crippen LogP contribution in [0.1, 0.15) is 15.4 Å². The standard InChI is InChI=1S/C11H10BrN3O2S/c12-9-2-1-7(18-9)3-4-13-10-6-14-8(5-15-10)11(16)17/h1-2,5-6H,3-4H2,(H,13,15)(H,16,17). The second-order valence-electron chi connectivity index (χ2n) is 3.47. The molecule has 0 saturated heterocycles. The van der Waals surface area contributed by atoms with E-state index in [2.05, 4.69) is 37.3 Å². The zero-order chi connectivity index (χ0) is 13.0. The van der Waals surface area contributed by atoms with Crippen LogP contribution in [-0.2, 0) is 6.42 Å². The minimum Gasteiger partial charge on any atom is -0.476 e. The second kappa shape index (κ2) is 5.92. The number of carboxylic acids is 1. The Morgan fingerprint density at radius 1 is 1.39 bits per heavy atom. The molecule has 0 fully saturated rings. The molecule has 2 heterocycles. The van der Waals surface area contributed by atoms with E-state index in [1.807, 2.05) is 6.07 Å². The Balaban J connectivity index is 1.85. The topological polar surface area (TPSA) is 75.1 Å².